The third kappa shape index (κ3) is 8.18. The summed E-state index contributed by atoms with van der Waals surface area (Å²) >= 11 is 1.35. The maximum atomic E-state index is 10.7. The van der Waals surface area contributed by atoms with E-state index >= 15 is 0 Å². The molecule has 0 atom stereocenters. The molecule has 0 aliphatic carbocycles. The molecule has 0 spiro atoms. The summed E-state index contributed by atoms with van der Waals surface area (Å²) in [5.74, 6) is 0.991. The Morgan fingerprint density at radius 3 is 2.33 bits per heavy atom. The van der Waals surface area contributed by atoms with E-state index in [4.69, 9.17) is 4.74 Å². The molecule has 0 aliphatic rings. The van der Waals surface area contributed by atoms with E-state index in [2.05, 4.69) is 52.7 Å². The molecular formula is C26H29BrN2O3S. The average molecular weight is 530 g/mol. The molecule has 2 aromatic carbocycles. The van der Waals surface area contributed by atoms with E-state index in [0.29, 0.717) is 11.7 Å². The molecule has 1 N–H and O–H groups in total. The van der Waals surface area contributed by atoms with Crippen LogP contribution in [0.2, 0.25) is 0 Å². The largest absolute Gasteiger partial charge is 1.00 e. The fourth-order valence-electron chi connectivity index (χ4n) is 3.31. The maximum absolute atomic E-state index is 10.7. The molecule has 0 fully saturated rings. The Labute approximate surface area is 209 Å². The highest BCUT2D eigenvalue weighted by atomic mass is 79.9. The minimum Gasteiger partial charge on any atom is -1.00 e. The van der Waals surface area contributed by atoms with Gasteiger partial charge in [-0.1, -0.05) is 60.7 Å². The summed E-state index contributed by atoms with van der Waals surface area (Å²) < 4.78 is 9.36. The first kappa shape index (κ1) is 26.4. The van der Waals surface area contributed by atoms with E-state index in [1.807, 2.05) is 47.8 Å². The number of carbonyl (C=O) groups is 1. The highest BCUT2D eigenvalue weighted by molar-refractivity contribution is 7.12. The first-order valence-electron chi connectivity index (χ1n) is 10.6. The average Bonchev–Trinajstić information content (AvgIpc) is 3.39. The number of ether oxygens (including phenoxy) is 1. The Balaban J connectivity index is 0.000000253. The molecule has 0 radical (unpaired) electrons. The minimum absolute atomic E-state index is 0. The SMILES string of the molecule is CC(=O)OCCCn1cc[n+](Cc2ccccc2)c1C.Oc1sccc1-c1ccccc1.[Br-]. The van der Waals surface area contributed by atoms with Gasteiger partial charge in [-0.25, -0.2) is 9.13 Å². The van der Waals surface area contributed by atoms with Crippen molar-refractivity contribution in [3.05, 3.63) is 95.9 Å². The summed E-state index contributed by atoms with van der Waals surface area (Å²) in [5.41, 5.74) is 3.27. The molecule has 0 bridgehead atoms. The van der Waals surface area contributed by atoms with Crippen molar-refractivity contribution in [2.75, 3.05) is 6.61 Å². The lowest BCUT2D eigenvalue weighted by molar-refractivity contribution is -0.694. The molecule has 0 saturated carbocycles. The van der Waals surface area contributed by atoms with E-state index in [1.165, 1.54) is 29.6 Å². The maximum Gasteiger partial charge on any atom is 0.302 e. The molecule has 4 rings (SSSR count). The molecular weight excluding hydrogens is 500 g/mol. The first-order chi connectivity index (χ1) is 15.5. The number of benzene rings is 2. The Morgan fingerprint density at radius 2 is 1.73 bits per heavy atom. The number of rotatable bonds is 7. The number of aromatic nitrogens is 2. The number of carbonyl (C=O) groups excluding carboxylic acids is 1. The Morgan fingerprint density at radius 1 is 1.06 bits per heavy atom. The zero-order valence-electron chi connectivity index (χ0n) is 18.9. The summed E-state index contributed by atoms with van der Waals surface area (Å²) in [6.07, 6.45) is 5.00. The summed E-state index contributed by atoms with van der Waals surface area (Å²) in [4.78, 5) is 10.7. The molecule has 33 heavy (non-hydrogen) atoms. The van der Waals surface area contributed by atoms with Gasteiger partial charge < -0.3 is 26.8 Å². The van der Waals surface area contributed by atoms with Gasteiger partial charge in [0, 0.05) is 25.8 Å². The van der Waals surface area contributed by atoms with Crippen LogP contribution in [-0.4, -0.2) is 22.2 Å². The van der Waals surface area contributed by atoms with Gasteiger partial charge in [-0.3, -0.25) is 4.79 Å². The van der Waals surface area contributed by atoms with E-state index in [1.54, 1.807) is 0 Å². The Hall–Kier alpha value is -2.90. The lowest BCUT2D eigenvalue weighted by Gasteiger charge is -2.02. The van der Waals surface area contributed by atoms with Crippen LogP contribution in [0.4, 0.5) is 0 Å². The minimum atomic E-state index is -0.214. The van der Waals surface area contributed by atoms with E-state index in [0.717, 1.165) is 30.6 Å². The molecule has 0 saturated heterocycles. The normalized spacial score (nSPS) is 10.0. The number of imidazole rings is 1. The van der Waals surface area contributed by atoms with Crippen LogP contribution in [0.25, 0.3) is 11.1 Å². The zero-order chi connectivity index (χ0) is 22.8. The van der Waals surface area contributed by atoms with Gasteiger partial charge in [-0.2, -0.15) is 0 Å². The Bertz CT molecular complexity index is 1110. The number of aryl methyl sites for hydroxylation is 1. The molecule has 0 unspecified atom stereocenters. The van der Waals surface area contributed by atoms with Crippen LogP contribution in [0.1, 0.15) is 24.7 Å². The topological polar surface area (TPSA) is 55.3 Å². The van der Waals surface area contributed by atoms with Crippen molar-refractivity contribution in [1.82, 2.24) is 4.57 Å². The fourth-order valence-corrected chi connectivity index (χ4v) is 3.96. The second-order valence-electron chi connectivity index (χ2n) is 7.35. The summed E-state index contributed by atoms with van der Waals surface area (Å²) in [7, 11) is 0. The lowest BCUT2D eigenvalue weighted by Crippen LogP contribution is -3.00. The van der Waals surface area contributed by atoms with Crippen LogP contribution in [0.3, 0.4) is 0 Å². The molecule has 2 aromatic heterocycles. The van der Waals surface area contributed by atoms with Gasteiger partial charge in [-0.05, 0) is 22.6 Å². The number of halogens is 1. The highest BCUT2D eigenvalue weighted by Gasteiger charge is 2.12. The number of hydrogen-bond donors (Lipinski definition) is 1. The van der Waals surface area contributed by atoms with Crippen LogP contribution in [0.15, 0.2) is 84.5 Å². The number of esters is 1. The lowest BCUT2D eigenvalue weighted by atomic mass is 10.1. The second-order valence-corrected chi connectivity index (χ2v) is 8.25. The Kier molecular flexibility index (Phi) is 10.9. The van der Waals surface area contributed by atoms with Crippen molar-refractivity contribution >= 4 is 17.3 Å². The second kappa shape index (κ2) is 13.6. The van der Waals surface area contributed by atoms with Gasteiger partial charge in [0.2, 0.25) is 0 Å². The number of hydrogen-bond acceptors (Lipinski definition) is 4. The predicted octanol–water partition coefficient (Wildman–Crippen LogP) is 2.21. The summed E-state index contributed by atoms with van der Waals surface area (Å²) in [6.45, 7) is 5.76. The molecule has 0 amide bonds. The van der Waals surface area contributed by atoms with Crippen LogP contribution in [0, 0.1) is 6.92 Å². The van der Waals surface area contributed by atoms with Crippen LogP contribution in [-0.2, 0) is 22.6 Å². The number of nitrogens with zero attached hydrogens (tertiary/aromatic N) is 2. The van der Waals surface area contributed by atoms with Gasteiger partial charge in [0.25, 0.3) is 5.82 Å². The van der Waals surface area contributed by atoms with Crippen LogP contribution >= 0.6 is 11.3 Å². The van der Waals surface area contributed by atoms with Crippen molar-refractivity contribution in [2.24, 2.45) is 0 Å². The van der Waals surface area contributed by atoms with Crippen molar-refractivity contribution in [3.8, 4) is 16.2 Å². The summed E-state index contributed by atoms with van der Waals surface area (Å²) in [5, 5.41) is 11.7. The zero-order valence-corrected chi connectivity index (χ0v) is 21.3. The van der Waals surface area contributed by atoms with Crippen molar-refractivity contribution in [3.63, 3.8) is 0 Å². The fraction of sp³-hybridized carbons (Fsp3) is 0.231. The molecule has 174 valence electrons. The number of aromatic hydroxyl groups is 1. The summed E-state index contributed by atoms with van der Waals surface area (Å²) in [6, 6.07) is 22.2. The molecule has 7 heteroatoms. The molecule has 5 nitrogen and oxygen atoms in total. The third-order valence-electron chi connectivity index (χ3n) is 5.03. The predicted molar refractivity (Wildman–Crippen MR) is 128 cm³/mol. The van der Waals surface area contributed by atoms with E-state index < -0.39 is 0 Å². The van der Waals surface area contributed by atoms with Gasteiger partial charge in [0.15, 0.2) is 5.06 Å². The standard InChI is InChI=1S/C16H21N2O2.C10H8OS.BrH/c1-14-17(9-6-12-20-15(2)19)10-11-18(14)13-16-7-4-3-5-8-16;11-10-9(6-7-12-10)8-4-2-1-3-5-8;/h3-5,7-8,10-11H,6,9,12-13H2,1-2H3;1-7,11H;1H/q+1;;/p-1. The van der Waals surface area contributed by atoms with Crippen molar-refractivity contribution in [1.29, 1.82) is 0 Å². The monoisotopic (exact) mass is 528 g/mol. The van der Waals surface area contributed by atoms with E-state index in [-0.39, 0.29) is 23.0 Å². The quantitative estimate of drug-likeness (QED) is 0.227. The van der Waals surface area contributed by atoms with Crippen LogP contribution < -0.4 is 21.5 Å². The highest BCUT2D eigenvalue weighted by Crippen LogP contribution is 2.33. The van der Waals surface area contributed by atoms with Gasteiger partial charge in [0.1, 0.15) is 18.9 Å². The molecule has 4 aromatic rings. The van der Waals surface area contributed by atoms with Gasteiger partial charge >= 0.3 is 5.97 Å². The van der Waals surface area contributed by atoms with Crippen LogP contribution in [0.5, 0.6) is 5.06 Å². The third-order valence-corrected chi connectivity index (χ3v) is 5.75. The van der Waals surface area contributed by atoms with Crippen molar-refractivity contribution < 1.29 is 36.2 Å². The van der Waals surface area contributed by atoms with Crippen molar-refractivity contribution in [2.45, 2.75) is 33.4 Å². The molecule has 0 aliphatic heterocycles. The van der Waals surface area contributed by atoms with Gasteiger partial charge in [-0.15, -0.1) is 11.3 Å². The van der Waals surface area contributed by atoms with Gasteiger partial charge in [0.05, 0.1) is 13.2 Å². The van der Waals surface area contributed by atoms with E-state index in [9.17, 15) is 9.90 Å². The molecule has 2 heterocycles. The first-order valence-corrected chi connectivity index (χ1v) is 11.5. The number of thiophene rings is 1. The smallest absolute Gasteiger partial charge is 0.302 e.